The van der Waals surface area contributed by atoms with Gasteiger partial charge in [-0.15, -0.1) is 10.2 Å². The van der Waals surface area contributed by atoms with E-state index in [1.54, 1.807) is 12.4 Å². The number of hydrogen-bond acceptors (Lipinski definition) is 5. The zero-order valence-electron chi connectivity index (χ0n) is 13.9. The van der Waals surface area contributed by atoms with E-state index in [0.29, 0.717) is 25.1 Å². The topological polar surface area (TPSA) is 97.3 Å². The summed E-state index contributed by atoms with van der Waals surface area (Å²) in [6.07, 6.45) is 3.80. The number of benzene rings is 1. The van der Waals surface area contributed by atoms with Gasteiger partial charge in [0.1, 0.15) is 12.2 Å². The first-order chi connectivity index (χ1) is 11.5. The highest BCUT2D eigenvalue weighted by Gasteiger charge is 2.34. The number of amides is 1. The van der Waals surface area contributed by atoms with Crippen molar-refractivity contribution in [1.82, 2.24) is 19.7 Å². The summed E-state index contributed by atoms with van der Waals surface area (Å²) >= 11 is 0. The number of likely N-dealkylation sites (tertiary alicyclic amines) is 1. The lowest BCUT2D eigenvalue weighted by molar-refractivity contribution is -0.0344. The maximum atomic E-state index is 11.3. The van der Waals surface area contributed by atoms with Crippen molar-refractivity contribution < 1.29 is 9.90 Å². The van der Waals surface area contributed by atoms with Gasteiger partial charge in [-0.1, -0.05) is 12.1 Å². The lowest BCUT2D eigenvalue weighted by Gasteiger charge is -2.39. The fraction of sp³-hybridized carbons (Fsp3) is 0.471. The molecule has 0 aliphatic carbocycles. The summed E-state index contributed by atoms with van der Waals surface area (Å²) in [4.78, 5) is 13.5. The molecule has 0 spiro atoms. The average Bonchev–Trinajstić information content (AvgIpc) is 2.92. The van der Waals surface area contributed by atoms with Crippen molar-refractivity contribution in [2.45, 2.75) is 31.4 Å². The minimum Gasteiger partial charge on any atom is -0.388 e. The van der Waals surface area contributed by atoms with Crippen LogP contribution in [0.15, 0.2) is 30.6 Å². The van der Waals surface area contributed by atoms with Gasteiger partial charge in [0.25, 0.3) is 0 Å². The third-order valence-corrected chi connectivity index (χ3v) is 4.54. The van der Waals surface area contributed by atoms with E-state index in [0.717, 1.165) is 30.8 Å². The molecular weight excluding hydrogens is 306 g/mol. The Labute approximate surface area is 141 Å². The highest BCUT2D eigenvalue weighted by molar-refractivity contribution is 5.92. The van der Waals surface area contributed by atoms with Crippen molar-refractivity contribution in [3.8, 4) is 0 Å². The van der Waals surface area contributed by atoms with Crippen LogP contribution >= 0.6 is 0 Å². The number of nitrogens with zero attached hydrogens (tertiary/aromatic N) is 4. The van der Waals surface area contributed by atoms with Gasteiger partial charge >= 0.3 is 0 Å². The molecule has 2 heterocycles. The smallest absolute Gasteiger partial charge is 0.248 e. The van der Waals surface area contributed by atoms with Gasteiger partial charge in [-0.3, -0.25) is 9.69 Å². The van der Waals surface area contributed by atoms with Crippen molar-refractivity contribution in [3.63, 3.8) is 0 Å². The Balaban J connectivity index is 1.68. The van der Waals surface area contributed by atoms with Crippen molar-refractivity contribution in [2.75, 3.05) is 13.1 Å². The Morgan fingerprint density at radius 3 is 3.00 bits per heavy atom. The second-order valence-electron chi connectivity index (χ2n) is 6.64. The van der Waals surface area contributed by atoms with Crippen LogP contribution in [0.25, 0.3) is 0 Å². The Bertz CT molecular complexity index is 729. The maximum Gasteiger partial charge on any atom is 0.248 e. The Morgan fingerprint density at radius 1 is 1.46 bits per heavy atom. The number of piperidine rings is 1. The van der Waals surface area contributed by atoms with E-state index < -0.39 is 11.5 Å². The zero-order chi connectivity index (χ0) is 17.2. The fourth-order valence-corrected chi connectivity index (χ4v) is 3.33. The Hall–Kier alpha value is -2.25. The van der Waals surface area contributed by atoms with Crippen molar-refractivity contribution in [2.24, 2.45) is 12.8 Å². The van der Waals surface area contributed by atoms with Crippen LogP contribution in [0.2, 0.25) is 0 Å². The summed E-state index contributed by atoms with van der Waals surface area (Å²) < 4.78 is 1.84. The number of aryl methyl sites for hydroxylation is 1. The first-order valence-corrected chi connectivity index (χ1v) is 8.12. The number of carbonyl (C=O) groups excluding carboxylic acids is 1. The molecule has 1 aliphatic rings. The number of primary amides is 1. The summed E-state index contributed by atoms with van der Waals surface area (Å²) in [6.45, 7) is 2.17. The lowest BCUT2D eigenvalue weighted by atomic mass is 9.89. The molecule has 7 nitrogen and oxygen atoms in total. The Morgan fingerprint density at radius 2 is 2.29 bits per heavy atom. The van der Waals surface area contributed by atoms with Crippen LogP contribution in [0, 0.1) is 0 Å². The van der Waals surface area contributed by atoms with Crippen LogP contribution in [0.5, 0.6) is 0 Å². The fourth-order valence-electron chi connectivity index (χ4n) is 3.33. The zero-order valence-corrected chi connectivity index (χ0v) is 13.9. The number of rotatable bonds is 5. The predicted octanol–water partition coefficient (Wildman–Crippen LogP) is 0.484. The summed E-state index contributed by atoms with van der Waals surface area (Å²) in [5.41, 5.74) is 6.07. The van der Waals surface area contributed by atoms with Gasteiger partial charge in [0.15, 0.2) is 0 Å². The molecule has 0 saturated carbocycles. The first kappa shape index (κ1) is 16.6. The normalized spacial score (nSPS) is 21.8. The molecule has 1 aromatic carbocycles. The molecular formula is C17H23N5O2. The van der Waals surface area contributed by atoms with Crippen LogP contribution < -0.4 is 5.73 Å². The first-order valence-electron chi connectivity index (χ1n) is 8.12. The van der Waals surface area contributed by atoms with E-state index in [1.807, 2.05) is 29.8 Å². The van der Waals surface area contributed by atoms with E-state index in [2.05, 4.69) is 15.1 Å². The third-order valence-electron chi connectivity index (χ3n) is 4.54. The molecule has 1 saturated heterocycles. The van der Waals surface area contributed by atoms with Gasteiger partial charge in [-0.2, -0.15) is 0 Å². The Kier molecular flexibility index (Phi) is 4.64. The lowest BCUT2D eigenvalue weighted by Crippen LogP contribution is -2.49. The highest BCUT2D eigenvalue weighted by atomic mass is 16.3. The molecule has 2 aromatic rings. The van der Waals surface area contributed by atoms with E-state index >= 15 is 0 Å². The highest BCUT2D eigenvalue weighted by Crippen LogP contribution is 2.25. The number of β-amino-alcohol motifs (C(OH)–C–C–N with tert-alkyl or cyclic N) is 1. The standard InChI is InChI=1S/C17H23N5O2/c1-21-12-19-20-15(21)9-17(24)6-3-7-22(11-17)10-13-4-2-5-14(8-13)16(18)23/h2,4-5,8,12,24H,3,6-7,9-11H2,1H3,(H2,18,23). The van der Waals surface area contributed by atoms with Gasteiger partial charge in [0.05, 0.1) is 5.60 Å². The number of nitrogens with two attached hydrogens (primary N) is 1. The molecule has 1 fully saturated rings. The predicted molar refractivity (Wildman–Crippen MR) is 89.1 cm³/mol. The molecule has 1 amide bonds. The van der Waals surface area contributed by atoms with Crippen LogP contribution in [0.3, 0.4) is 0 Å². The minimum absolute atomic E-state index is 0.422. The summed E-state index contributed by atoms with van der Waals surface area (Å²) in [5.74, 6) is 0.365. The second kappa shape index (κ2) is 6.70. The summed E-state index contributed by atoms with van der Waals surface area (Å²) in [7, 11) is 1.88. The maximum absolute atomic E-state index is 11.3. The average molecular weight is 329 g/mol. The number of aliphatic hydroxyl groups is 1. The third kappa shape index (κ3) is 3.80. The van der Waals surface area contributed by atoms with Crippen LogP contribution in [-0.4, -0.2) is 49.4 Å². The molecule has 1 atom stereocenters. The molecule has 1 unspecified atom stereocenters. The van der Waals surface area contributed by atoms with Gasteiger partial charge < -0.3 is 15.4 Å². The molecule has 3 rings (SSSR count). The molecule has 7 heteroatoms. The van der Waals surface area contributed by atoms with Gasteiger partial charge in [0, 0.05) is 32.1 Å². The number of carbonyl (C=O) groups is 1. The largest absolute Gasteiger partial charge is 0.388 e. The quantitative estimate of drug-likeness (QED) is 0.832. The van der Waals surface area contributed by atoms with Crippen molar-refractivity contribution >= 4 is 5.91 Å². The molecule has 0 radical (unpaired) electrons. The van der Waals surface area contributed by atoms with E-state index in [1.165, 1.54) is 0 Å². The molecule has 24 heavy (non-hydrogen) atoms. The second-order valence-corrected chi connectivity index (χ2v) is 6.64. The van der Waals surface area contributed by atoms with E-state index in [9.17, 15) is 9.90 Å². The number of hydrogen-bond donors (Lipinski definition) is 2. The summed E-state index contributed by atoms with van der Waals surface area (Å²) in [5, 5.41) is 18.9. The van der Waals surface area contributed by atoms with Crippen LogP contribution in [-0.2, 0) is 20.0 Å². The van der Waals surface area contributed by atoms with Crippen molar-refractivity contribution in [1.29, 1.82) is 0 Å². The summed E-state index contributed by atoms with van der Waals surface area (Å²) in [6, 6.07) is 7.35. The molecule has 1 aromatic heterocycles. The van der Waals surface area contributed by atoms with Gasteiger partial charge in [0.2, 0.25) is 5.91 Å². The van der Waals surface area contributed by atoms with E-state index in [-0.39, 0.29) is 0 Å². The van der Waals surface area contributed by atoms with Gasteiger partial charge in [-0.25, -0.2) is 0 Å². The van der Waals surface area contributed by atoms with Crippen LogP contribution in [0.1, 0.15) is 34.6 Å². The monoisotopic (exact) mass is 329 g/mol. The SMILES string of the molecule is Cn1cnnc1CC1(O)CCCN(Cc2cccc(C(N)=O)c2)C1. The molecule has 0 bridgehead atoms. The van der Waals surface area contributed by atoms with Gasteiger partial charge in [-0.05, 0) is 37.1 Å². The minimum atomic E-state index is -0.805. The van der Waals surface area contributed by atoms with E-state index in [4.69, 9.17) is 5.73 Å². The molecule has 128 valence electrons. The molecule has 3 N–H and O–H groups in total. The molecule has 1 aliphatic heterocycles. The number of aromatic nitrogens is 3. The van der Waals surface area contributed by atoms with Crippen molar-refractivity contribution in [3.05, 3.63) is 47.5 Å². The van der Waals surface area contributed by atoms with Crippen LogP contribution in [0.4, 0.5) is 0 Å².